The molecule has 1 aromatic carbocycles. The molecule has 8 heteroatoms. The number of esters is 1. The monoisotopic (exact) mass is 407 g/mol. The summed E-state index contributed by atoms with van der Waals surface area (Å²) in [5, 5.41) is 13.3. The van der Waals surface area contributed by atoms with Crippen LogP contribution in [0.1, 0.15) is 38.5 Å². The van der Waals surface area contributed by atoms with Crippen LogP contribution in [0.25, 0.3) is 0 Å². The molecule has 28 heavy (non-hydrogen) atoms. The summed E-state index contributed by atoms with van der Waals surface area (Å²) in [6.45, 7) is -0.480. The van der Waals surface area contributed by atoms with E-state index in [0.717, 1.165) is 25.5 Å². The van der Waals surface area contributed by atoms with E-state index in [-0.39, 0.29) is 10.6 Å². The zero-order chi connectivity index (χ0) is 20.2. The smallest absolute Gasteiger partial charge is 0.312 e. The summed E-state index contributed by atoms with van der Waals surface area (Å²) < 4.78 is 29.0. The van der Waals surface area contributed by atoms with Gasteiger partial charge in [-0.25, -0.2) is 8.42 Å². The number of hydrogen-bond acceptors (Lipinski definition) is 6. The van der Waals surface area contributed by atoms with Crippen LogP contribution < -0.4 is 5.32 Å². The molecule has 4 atom stereocenters. The molecule has 2 N–H and O–H groups in total. The average molecular weight is 407 g/mol. The van der Waals surface area contributed by atoms with Crippen molar-refractivity contribution in [1.82, 2.24) is 0 Å². The molecule has 4 aliphatic carbocycles. The fraction of sp³-hybridized carbons (Fsp3) is 0.600. The molecule has 0 spiro atoms. The van der Waals surface area contributed by atoms with Gasteiger partial charge in [0.05, 0.1) is 21.6 Å². The molecule has 0 heterocycles. The zero-order valence-corrected chi connectivity index (χ0v) is 16.6. The normalized spacial score (nSPS) is 33.5. The molecule has 0 aromatic heterocycles. The fourth-order valence-electron chi connectivity index (χ4n) is 5.82. The third kappa shape index (κ3) is 3.55. The third-order valence-electron chi connectivity index (χ3n) is 6.36. The van der Waals surface area contributed by atoms with Crippen molar-refractivity contribution in [1.29, 1.82) is 0 Å². The van der Waals surface area contributed by atoms with Crippen molar-refractivity contribution >= 4 is 27.4 Å². The molecule has 1 amide bonds. The predicted molar refractivity (Wildman–Crippen MR) is 101 cm³/mol. The molecule has 0 radical (unpaired) electrons. The van der Waals surface area contributed by atoms with Crippen LogP contribution >= 0.6 is 0 Å². The average Bonchev–Trinajstić information content (AvgIpc) is 2.57. The Morgan fingerprint density at radius 3 is 2.43 bits per heavy atom. The van der Waals surface area contributed by atoms with E-state index < -0.39 is 39.3 Å². The highest BCUT2D eigenvalue weighted by Crippen LogP contribution is 2.61. The van der Waals surface area contributed by atoms with Gasteiger partial charge >= 0.3 is 5.97 Å². The highest BCUT2D eigenvalue weighted by molar-refractivity contribution is 7.90. The van der Waals surface area contributed by atoms with E-state index in [0.29, 0.717) is 31.1 Å². The summed E-state index contributed by atoms with van der Waals surface area (Å²) in [4.78, 5) is 25.1. The van der Waals surface area contributed by atoms with Crippen LogP contribution in [-0.4, -0.2) is 43.9 Å². The minimum absolute atomic E-state index is 0.0120. The molecule has 4 saturated carbocycles. The number of sulfone groups is 1. The Balaban J connectivity index is 1.40. The largest absolute Gasteiger partial charge is 0.455 e. The number of carbonyl (C=O) groups excluding carboxylic acids is 2. The Morgan fingerprint density at radius 1 is 1.18 bits per heavy atom. The van der Waals surface area contributed by atoms with Gasteiger partial charge in [0, 0.05) is 6.26 Å². The van der Waals surface area contributed by atoms with Crippen LogP contribution in [0.4, 0.5) is 5.69 Å². The minimum Gasteiger partial charge on any atom is -0.455 e. The van der Waals surface area contributed by atoms with Gasteiger partial charge in [0.15, 0.2) is 16.4 Å². The van der Waals surface area contributed by atoms with E-state index in [1.54, 1.807) is 12.1 Å². The first kappa shape index (κ1) is 19.4. The molecule has 1 aromatic rings. The number of carbonyl (C=O) groups is 2. The fourth-order valence-corrected chi connectivity index (χ4v) is 6.66. The van der Waals surface area contributed by atoms with E-state index in [2.05, 4.69) is 5.32 Å². The Kier molecular flexibility index (Phi) is 4.54. The van der Waals surface area contributed by atoms with Crippen molar-refractivity contribution in [2.24, 2.45) is 17.3 Å². The summed E-state index contributed by atoms with van der Waals surface area (Å²) in [6, 6.07) is 6.09. The van der Waals surface area contributed by atoms with Gasteiger partial charge in [0.1, 0.15) is 0 Å². The van der Waals surface area contributed by atoms with Crippen molar-refractivity contribution in [3.63, 3.8) is 0 Å². The molecule has 0 saturated heterocycles. The third-order valence-corrected chi connectivity index (χ3v) is 7.51. The summed E-state index contributed by atoms with van der Waals surface area (Å²) in [5.41, 5.74) is -1.31. The maximum atomic E-state index is 12.8. The van der Waals surface area contributed by atoms with E-state index in [9.17, 15) is 23.1 Å². The molecular weight excluding hydrogens is 382 g/mol. The lowest BCUT2D eigenvalue weighted by molar-refractivity contribution is -0.196. The van der Waals surface area contributed by atoms with E-state index in [4.69, 9.17) is 4.74 Å². The molecule has 5 rings (SSSR count). The molecule has 152 valence electrons. The predicted octanol–water partition coefficient (Wildman–Crippen LogP) is 1.90. The molecule has 4 bridgehead atoms. The molecule has 4 fully saturated rings. The lowest BCUT2D eigenvalue weighted by Gasteiger charge is -2.58. The number of aliphatic hydroxyl groups is 1. The summed E-state index contributed by atoms with van der Waals surface area (Å²) in [5.74, 6) is -0.331. The SMILES string of the molecule is CS(=O)(=O)c1ccccc1NC(=O)COC(=O)C12C[C@@H]3C[C@@H](CC(O)(C3)C1)C2. The molecule has 4 aliphatic rings. The Morgan fingerprint density at radius 2 is 1.82 bits per heavy atom. The topological polar surface area (TPSA) is 110 Å². The van der Waals surface area contributed by atoms with Gasteiger partial charge in [-0.2, -0.15) is 0 Å². The van der Waals surface area contributed by atoms with Gasteiger partial charge in [-0.15, -0.1) is 0 Å². The number of ether oxygens (including phenoxy) is 1. The zero-order valence-electron chi connectivity index (χ0n) is 15.8. The van der Waals surface area contributed by atoms with Crippen LogP contribution in [0.15, 0.2) is 29.2 Å². The van der Waals surface area contributed by atoms with Crippen LogP contribution in [0.3, 0.4) is 0 Å². The first-order valence-corrected chi connectivity index (χ1v) is 11.5. The van der Waals surface area contributed by atoms with Crippen molar-refractivity contribution < 1.29 is 27.9 Å². The van der Waals surface area contributed by atoms with Crippen molar-refractivity contribution in [2.75, 3.05) is 18.2 Å². The second-order valence-corrected chi connectivity index (χ2v) is 10.8. The highest BCUT2D eigenvalue weighted by atomic mass is 32.2. The Labute approximate surface area is 164 Å². The number of benzene rings is 1. The molecule has 2 unspecified atom stereocenters. The van der Waals surface area contributed by atoms with Gasteiger partial charge in [-0.3, -0.25) is 9.59 Å². The Bertz CT molecular complexity index is 910. The van der Waals surface area contributed by atoms with Gasteiger partial charge in [0.2, 0.25) is 0 Å². The standard InChI is InChI=1S/C20H25NO6S/c1-28(25,26)16-5-3-2-4-15(16)21-17(22)11-27-18(23)19-7-13-6-14(8-19)10-20(24,9-13)12-19/h2-5,13-14,24H,6-12H2,1H3,(H,21,22)/t13-,14+,19?,20?. The molecule has 7 nitrogen and oxygen atoms in total. The van der Waals surface area contributed by atoms with Gasteiger partial charge < -0.3 is 15.2 Å². The number of nitrogens with one attached hydrogen (secondary N) is 1. The quantitative estimate of drug-likeness (QED) is 0.722. The highest BCUT2D eigenvalue weighted by Gasteiger charge is 2.60. The van der Waals surface area contributed by atoms with Crippen LogP contribution in [-0.2, 0) is 24.2 Å². The van der Waals surface area contributed by atoms with Gasteiger partial charge in [0.25, 0.3) is 5.91 Å². The summed E-state index contributed by atoms with van der Waals surface area (Å²) >= 11 is 0. The lowest BCUT2D eigenvalue weighted by Crippen LogP contribution is -2.58. The van der Waals surface area contributed by atoms with Crippen LogP contribution in [0, 0.1) is 17.3 Å². The Hall–Kier alpha value is -1.93. The maximum Gasteiger partial charge on any atom is 0.312 e. The number of amides is 1. The van der Waals surface area contributed by atoms with Crippen LogP contribution in [0.2, 0.25) is 0 Å². The van der Waals surface area contributed by atoms with Crippen LogP contribution in [0.5, 0.6) is 0 Å². The van der Waals surface area contributed by atoms with Crippen molar-refractivity contribution in [3.8, 4) is 0 Å². The van der Waals surface area contributed by atoms with Crippen molar-refractivity contribution in [3.05, 3.63) is 24.3 Å². The second-order valence-electron chi connectivity index (χ2n) is 8.86. The summed E-state index contributed by atoms with van der Waals surface area (Å²) in [7, 11) is -3.50. The first-order chi connectivity index (χ1) is 13.1. The molecular formula is C20H25NO6S. The second kappa shape index (κ2) is 6.56. The first-order valence-electron chi connectivity index (χ1n) is 9.57. The van der Waals surface area contributed by atoms with E-state index in [1.165, 1.54) is 12.1 Å². The van der Waals surface area contributed by atoms with Gasteiger partial charge in [-0.05, 0) is 62.5 Å². The summed E-state index contributed by atoms with van der Waals surface area (Å²) in [6.07, 6.45) is 5.45. The number of anilines is 1. The maximum absolute atomic E-state index is 12.8. The molecule has 0 aliphatic heterocycles. The van der Waals surface area contributed by atoms with Gasteiger partial charge in [-0.1, -0.05) is 12.1 Å². The van der Waals surface area contributed by atoms with E-state index in [1.807, 2.05) is 0 Å². The minimum atomic E-state index is -3.50. The lowest BCUT2D eigenvalue weighted by atomic mass is 9.48. The number of para-hydroxylation sites is 1. The van der Waals surface area contributed by atoms with E-state index >= 15 is 0 Å². The number of hydrogen-bond donors (Lipinski definition) is 2. The van der Waals surface area contributed by atoms with Crippen molar-refractivity contribution in [2.45, 2.75) is 49.0 Å². The number of rotatable bonds is 5.